The minimum absolute atomic E-state index is 0.354. The molecule has 0 N–H and O–H groups in total. The number of carbonyl (C=O) groups is 1. The second kappa shape index (κ2) is 5.09. The Morgan fingerprint density at radius 2 is 2.32 bits per heavy atom. The van der Waals surface area contributed by atoms with Gasteiger partial charge in [0.05, 0.1) is 12.3 Å². The summed E-state index contributed by atoms with van der Waals surface area (Å²) in [6.45, 7) is 2.17. The van der Waals surface area contributed by atoms with Crippen molar-refractivity contribution in [2.24, 2.45) is 0 Å². The number of carbonyl (C=O) groups excluding carboxylic acids is 1. The highest BCUT2D eigenvalue weighted by Gasteiger charge is 2.19. The summed E-state index contributed by atoms with van der Waals surface area (Å²) in [5, 5.41) is 0. The molecule has 0 aliphatic carbocycles. The van der Waals surface area contributed by atoms with Crippen LogP contribution in [-0.2, 0) is 11.2 Å². The Hall–Kier alpha value is -1.75. The van der Waals surface area contributed by atoms with Crippen molar-refractivity contribution in [3.05, 3.63) is 42.0 Å². The summed E-state index contributed by atoms with van der Waals surface area (Å²) in [5.74, 6) is 1.53. The molecule has 0 fully saturated rings. The predicted octanol–water partition coefficient (Wildman–Crippen LogP) is 2.70. The molecule has 0 spiro atoms. The van der Waals surface area contributed by atoms with Gasteiger partial charge in [-0.15, -0.1) is 11.8 Å². The fourth-order valence-corrected chi connectivity index (χ4v) is 3.13. The Bertz CT molecular complexity index is 622. The number of rotatable bonds is 2. The van der Waals surface area contributed by atoms with Crippen molar-refractivity contribution in [3.8, 4) is 5.69 Å². The van der Waals surface area contributed by atoms with Crippen molar-refractivity contribution in [3.63, 3.8) is 0 Å². The van der Waals surface area contributed by atoms with Crippen LogP contribution in [0.25, 0.3) is 5.69 Å². The van der Waals surface area contributed by atoms with E-state index in [1.54, 1.807) is 13.1 Å². The number of nitrogens with zero attached hydrogens (tertiary/aromatic N) is 2. The number of para-hydroxylation sites is 1. The van der Waals surface area contributed by atoms with Gasteiger partial charge in [-0.1, -0.05) is 12.1 Å². The number of aromatic nitrogens is 2. The number of imidazole rings is 1. The van der Waals surface area contributed by atoms with Crippen LogP contribution in [0, 0.1) is 0 Å². The number of benzene rings is 1. The van der Waals surface area contributed by atoms with Gasteiger partial charge in [0, 0.05) is 23.3 Å². The molecule has 1 aliphatic rings. The number of thioether (sulfide) groups is 1. The maximum atomic E-state index is 11.8. The van der Waals surface area contributed by atoms with E-state index in [1.165, 1.54) is 4.90 Å². The summed E-state index contributed by atoms with van der Waals surface area (Å²) in [6, 6.07) is 8.17. The third-order valence-corrected chi connectivity index (χ3v) is 4.04. The van der Waals surface area contributed by atoms with E-state index in [1.807, 2.05) is 34.5 Å². The van der Waals surface area contributed by atoms with Crippen molar-refractivity contribution in [2.45, 2.75) is 18.2 Å². The summed E-state index contributed by atoms with van der Waals surface area (Å²) in [7, 11) is 0. The molecular weight excluding hydrogens is 260 g/mol. The molecule has 19 heavy (non-hydrogen) atoms. The van der Waals surface area contributed by atoms with Gasteiger partial charge in [-0.3, -0.25) is 0 Å². The van der Waals surface area contributed by atoms with Gasteiger partial charge in [0.1, 0.15) is 5.82 Å². The smallest absolute Gasteiger partial charge is 0.358 e. The van der Waals surface area contributed by atoms with Crippen molar-refractivity contribution >= 4 is 17.7 Å². The minimum atomic E-state index is -0.354. The molecule has 98 valence electrons. The molecule has 0 unspecified atom stereocenters. The van der Waals surface area contributed by atoms with Gasteiger partial charge in [-0.2, -0.15) is 0 Å². The molecule has 2 aromatic rings. The Balaban J connectivity index is 2.06. The molecule has 3 rings (SSSR count). The molecule has 0 radical (unpaired) electrons. The summed E-state index contributed by atoms with van der Waals surface area (Å²) < 4.78 is 7.01. The van der Waals surface area contributed by atoms with E-state index in [0.29, 0.717) is 12.3 Å². The fourth-order valence-electron chi connectivity index (χ4n) is 2.14. The van der Waals surface area contributed by atoms with Crippen LogP contribution in [0.5, 0.6) is 0 Å². The van der Waals surface area contributed by atoms with E-state index < -0.39 is 0 Å². The number of hydrogen-bond acceptors (Lipinski definition) is 4. The summed E-state index contributed by atoms with van der Waals surface area (Å²) in [6.07, 6.45) is 2.62. The maximum Gasteiger partial charge on any atom is 0.358 e. The zero-order valence-corrected chi connectivity index (χ0v) is 11.4. The lowest BCUT2D eigenvalue weighted by Crippen LogP contribution is -2.05. The number of aryl methyl sites for hydroxylation is 1. The zero-order chi connectivity index (χ0) is 13.2. The molecule has 1 aromatic heterocycles. The van der Waals surface area contributed by atoms with Gasteiger partial charge in [0.25, 0.3) is 0 Å². The lowest BCUT2D eigenvalue weighted by atomic mass is 10.3. The number of esters is 1. The normalized spacial score (nSPS) is 13.3. The number of hydrogen-bond donors (Lipinski definition) is 0. The third-order valence-electron chi connectivity index (χ3n) is 2.97. The first-order valence-electron chi connectivity index (χ1n) is 6.27. The second-order valence-corrected chi connectivity index (χ2v) is 5.34. The predicted molar refractivity (Wildman–Crippen MR) is 73.9 cm³/mol. The minimum Gasteiger partial charge on any atom is -0.461 e. The van der Waals surface area contributed by atoms with Gasteiger partial charge in [0.15, 0.2) is 5.69 Å². The first kappa shape index (κ1) is 12.3. The van der Waals surface area contributed by atoms with Gasteiger partial charge >= 0.3 is 5.97 Å². The van der Waals surface area contributed by atoms with Crippen LogP contribution >= 0.6 is 11.8 Å². The van der Waals surface area contributed by atoms with Gasteiger partial charge in [-0.05, 0) is 19.1 Å². The fraction of sp³-hybridized carbons (Fsp3) is 0.286. The van der Waals surface area contributed by atoms with Crippen LogP contribution in [0.15, 0.2) is 35.4 Å². The second-order valence-electron chi connectivity index (χ2n) is 4.20. The zero-order valence-electron chi connectivity index (χ0n) is 10.6. The molecule has 4 nitrogen and oxygen atoms in total. The lowest BCUT2D eigenvalue weighted by molar-refractivity contribution is 0.0520. The van der Waals surface area contributed by atoms with Gasteiger partial charge < -0.3 is 9.30 Å². The van der Waals surface area contributed by atoms with Gasteiger partial charge in [0.2, 0.25) is 0 Å². The van der Waals surface area contributed by atoms with Crippen LogP contribution in [0.1, 0.15) is 23.2 Å². The van der Waals surface area contributed by atoms with Crippen molar-refractivity contribution in [2.75, 3.05) is 12.4 Å². The molecule has 2 heterocycles. The standard InChI is InChI=1S/C14H14N2O2S/c1-2-18-14(17)10-9-16-11-5-3-4-6-12(11)19-8-7-13(16)15-10/h3-6,9H,2,7-8H2,1H3. The quantitative estimate of drug-likeness (QED) is 0.790. The van der Waals surface area contributed by atoms with E-state index in [-0.39, 0.29) is 5.97 Å². The molecule has 1 aliphatic heterocycles. The molecule has 5 heteroatoms. The Morgan fingerprint density at radius 1 is 1.47 bits per heavy atom. The largest absolute Gasteiger partial charge is 0.461 e. The molecule has 0 saturated heterocycles. The molecule has 0 bridgehead atoms. The number of fused-ring (bicyclic) bond motifs is 3. The van der Waals surface area contributed by atoms with E-state index in [4.69, 9.17) is 4.74 Å². The third kappa shape index (κ3) is 2.26. The monoisotopic (exact) mass is 274 g/mol. The van der Waals surface area contributed by atoms with Crippen LogP contribution in [0.4, 0.5) is 0 Å². The van der Waals surface area contributed by atoms with E-state index >= 15 is 0 Å². The summed E-state index contributed by atoms with van der Waals surface area (Å²) >= 11 is 1.82. The molecule has 0 amide bonds. The summed E-state index contributed by atoms with van der Waals surface area (Å²) in [5.41, 5.74) is 1.47. The SMILES string of the molecule is CCOC(=O)c1cn2c(n1)CCSc1ccccc1-2. The molecule has 1 aromatic carbocycles. The highest BCUT2D eigenvalue weighted by molar-refractivity contribution is 7.99. The van der Waals surface area contributed by atoms with Crippen LogP contribution in [0.3, 0.4) is 0 Å². The van der Waals surface area contributed by atoms with E-state index in [2.05, 4.69) is 11.1 Å². The average molecular weight is 274 g/mol. The number of ether oxygens (including phenoxy) is 1. The maximum absolute atomic E-state index is 11.8. The topological polar surface area (TPSA) is 44.1 Å². The van der Waals surface area contributed by atoms with Crippen LogP contribution < -0.4 is 0 Å². The molecule has 0 saturated carbocycles. The van der Waals surface area contributed by atoms with E-state index in [0.717, 1.165) is 23.7 Å². The average Bonchev–Trinajstić information content (AvgIpc) is 2.77. The van der Waals surface area contributed by atoms with Crippen LogP contribution in [0.2, 0.25) is 0 Å². The Morgan fingerprint density at radius 3 is 3.16 bits per heavy atom. The van der Waals surface area contributed by atoms with Crippen LogP contribution in [-0.4, -0.2) is 27.9 Å². The van der Waals surface area contributed by atoms with Crippen molar-refractivity contribution in [1.82, 2.24) is 9.55 Å². The summed E-state index contributed by atoms with van der Waals surface area (Å²) in [4.78, 5) is 17.4. The van der Waals surface area contributed by atoms with Crippen molar-refractivity contribution in [1.29, 1.82) is 0 Å². The highest BCUT2D eigenvalue weighted by Crippen LogP contribution is 2.31. The van der Waals surface area contributed by atoms with E-state index in [9.17, 15) is 4.79 Å². The molecule has 0 atom stereocenters. The first-order chi connectivity index (χ1) is 9.29. The first-order valence-corrected chi connectivity index (χ1v) is 7.25. The van der Waals surface area contributed by atoms with Crippen molar-refractivity contribution < 1.29 is 9.53 Å². The van der Waals surface area contributed by atoms with Gasteiger partial charge in [-0.25, -0.2) is 9.78 Å². The Kier molecular flexibility index (Phi) is 3.29. The highest BCUT2D eigenvalue weighted by atomic mass is 32.2. The molecular formula is C14H14N2O2S. The lowest BCUT2D eigenvalue weighted by Gasteiger charge is -2.06. The Labute approximate surface area is 115 Å².